The van der Waals surface area contributed by atoms with Crippen LogP contribution in [0.5, 0.6) is 0 Å². The first-order valence-corrected chi connectivity index (χ1v) is 11.1. The average Bonchev–Trinajstić information content (AvgIpc) is 3.17. The van der Waals surface area contributed by atoms with E-state index in [0.29, 0.717) is 19.3 Å². The topological polar surface area (TPSA) is 38.8 Å². The summed E-state index contributed by atoms with van der Waals surface area (Å²) >= 11 is 0. The molecule has 2 atom stereocenters. The van der Waals surface area contributed by atoms with Crippen LogP contribution in [0.2, 0.25) is 0 Å². The lowest BCUT2D eigenvalue weighted by molar-refractivity contribution is -0.943. The van der Waals surface area contributed by atoms with Crippen molar-refractivity contribution in [2.75, 3.05) is 19.8 Å². The molecule has 1 heterocycles. The molecule has 0 amide bonds. The maximum atomic E-state index is 10.6. The third kappa shape index (κ3) is 6.56. The number of hydrogen-bond acceptors (Lipinski definition) is 2. The second-order valence-corrected chi connectivity index (χ2v) is 8.41. The summed E-state index contributed by atoms with van der Waals surface area (Å²) in [6.45, 7) is 9.31. The van der Waals surface area contributed by atoms with E-state index in [1.807, 2.05) is 0 Å². The lowest BCUT2D eigenvalue weighted by Crippen LogP contribution is -3.15. The van der Waals surface area contributed by atoms with E-state index in [1.54, 1.807) is 6.08 Å². The first kappa shape index (κ1) is 21.8. The SMILES string of the molecule is C=CCOC[C@@H](O)C[NH+](Cc1cccn1Cc1ccccc1C)C1CCCCC1. The van der Waals surface area contributed by atoms with Crippen molar-refractivity contribution in [3.63, 3.8) is 0 Å². The summed E-state index contributed by atoms with van der Waals surface area (Å²) in [6, 6.07) is 13.6. The van der Waals surface area contributed by atoms with Gasteiger partial charge in [-0.15, -0.1) is 6.58 Å². The maximum absolute atomic E-state index is 10.6. The zero-order valence-corrected chi connectivity index (χ0v) is 17.9. The van der Waals surface area contributed by atoms with E-state index in [-0.39, 0.29) is 0 Å². The maximum Gasteiger partial charge on any atom is 0.126 e. The normalized spacial score (nSPS) is 17.2. The molecule has 1 aliphatic carbocycles. The van der Waals surface area contributed by atoms with Gasteiger partial charge in [-0.3, -0.25) is 0 Å². The van der Waals surface area contributed by atoms with Crippen LogP contribution in [-0.2, 0) is 17.8 Å². The number of benzene rings is 1. The molecule has 0 spiro atoms. The smallest absolute Gasteiger partial charge is 0.126 e. The van der Waals surface area contributed by atoms with Gasteiger partial charge in [0.1, 0.15) is 19.2 Å². The van der Waals surface area contributed by atoms with Crippen molar-refractivity contribution in [2.24, 2.45) is 0 Å². The molecule has 0 saturated heterocycles. The van der Waals surface area contributed by atoms with E-state index in [0.717, 1.165) is 19.6 Å². The summed E-state index contributed by atoms with van der Waals surface area (Å²) in [6.07, 6.45) is 9.95. The van der Waals surface area contributed by atoms with Gasteiger partial charge in [-0.25, -0.2) is 0 Å². The van der Waals surface area contributed by atoms with Crippen molar-refractivity contribution in [2.45, 2.75) is 64.3 Å². The minimum Gasteiger partial charge on any atom is -0.385 e. The molecule has 1 saturated carbocycles. The molecule has 1 unspecified atom stereocenters. The van der Waals surface area contributed by atoms with Crippen molar-refractivity contribution in [3.8, 4) is 0 Å². The third-order valence-electron chi connectivity index (χ3n) is 6.16. The number of nitrogens with zero attached hydrogens (tertiary/aromatic N) is 1. The Balaban J connectivity index is 1.69. The fraction of sp³-hybridized carbons (Fsp3) is 0.520. The van der Waals surface area contributed by atoms with Gasteiger partial charge >= 0.3 is 0 Å². The van der Waals surface area contributed by atoms with Gasteiger partial charge in [-0.2, -0.15) is 0 Å². The van der Waals surface area contributed by atoms with Crippen LogP contribution in [0.15, 0.2) is 55.3 Å². The van der Waals surface area contributed by atoms with Gasteiger partial charge < -0.3 is 19.3 Å². The monoisotopic (exact) mass is 397 g/mol. The fourth-order valence-electron chi connectivity index (χ4n) is 4.51. The van der Waals surface area contributed by atoms with Gasteiger partial charge in [0.25, 0.3) is 0 Å². The van der Waals surface area contributed by atoms with Gasteiger partial charge in [-0.1, -0.05) is 36.8 Å². The van der Waals surface area contributed by atoms with Crippen LogP contribution in [0, 0.1) is 6.92 Å². The molecule has 158 valence electrons. The summed E-state index contributed by atoms with van der Waals surface area (Å²) in [7, 11) is 0. The van der Waals surface area contributed by atoms with Crippen molar-refractivity contribution >= 4 is 0 Å². The molecule has 2 aromatic rings. The molecule has 0 aliphatic heterocycles. The molecule has 1 aromatic carbocycles. The quantitative estimate of drug-likeness (QED) is 0.452. The Labute approximate surface area is 175 Å². The lowest BCUT2D eigenvalue weighted by Gasteiger charge is -2.33. The van der Waals surface area contributed by atoms with E-state index in [2.05, 4.69) is 60.7 Å². The number of aliphatic hydroxyl groups excluding tert-OH is 1. The number of rotatable bonds is 11. The lowest BCUT2D eigenvalue weighted by atomic mass is 9.94. The largest absolute Gasteiger partial charge is 0.385 e. The van der Waals surface area contributed by atoms with Crippen LogP contribution >= 0.6 is 0 Å². The summed E-state index contributed by atoms with van der Waals surface area (Å²) in [4.78, 5) is 1.49. The number of aryl methyl sites for hydroxylation is 1. The molecular formula is C25H37N2O2+. The summed E-state index contributed by atoms with van der Waals surface area (Å²) in [5.41, 5.74) is 4.04. The minimum atomic E-state index is -0.438. The number of aliphatic hydroxyl groups is 1. The van der Waals surface area contributed by atoms with Crippen LogP contribution in [-0.4, -0.2) is 41.6 Å². The highest BCUT2D eigenvalue weighted by Gasteiger charge is 2.27. The highest BCUT2D eigenvalue weighted by atomic mass is 16.5. The van der Waals surface area contributed by atoms with E-state index < -0.39 is 6.10 Å². The zero-order chi connectivity index (χ0) is 20.5. The number of ether oxygens (including phenoxy) is 1. The predicted octanol–water partition coefficient (Wildman–Crippen LogP) is 3.13. The number of quaternary nitrogens is 1. The summed E-state index contributed by atoms with van der Waals surface area (Å²) < 4.78 is 7.86. The third-order valence-corrected chi connectivity index (χ3v) is 6.16. The van der Waals surface area contributed by atoms with Crippen LogP contribution in [0.1, 0.15) is 48.9 Å². The molecule has 29 heavy (non-hydrogen) atoms. The zero-order valence-electron chi connectivity index (χ0n) is 17.9. The molecule has 3 rings (SSSR count). The Bertz CT molecular complexity index is 749. The second kappa shape index (κ2) is 11.3. The predicted molar refractivity (Wildman–Crippen MR) is 118 cm³/mol. The molecule has 0 radical (unpaired) electrons. The van der Waals surface area contributed by atoms with Crippen molar-refractivity contribution in [3.05, 3.63) is 72.1 Å². The molecule has 4 nitrogen and oxygen atoms in total. The van der Waals surface area contributed by atoms with E-state index in [4.69, 9.17) is 4.74 Å². The molecule has 4 heteroatoms. The second-order valence-electron chi connectivity index (χ2n) is 8.41. The van der Waals surface area contributed by atoms with Crippen LogP contribution in [0.4, 0.5) is 0 Å². The molecule has 2 N–H and O–H groups in total. The van der Waals surface area contributed by atoms with E-state index in [1.165, 1.54) is 53.8 Å². The van der Waals surface area contributed by atoms with E-state index >= 15 is 0 Å². The Morgan fingerprint density at radius 3 is 2.76 bits per heavy atom. The van der Waals surface area contributed by atoms with Crippen molar-refractivity contribution in [1.82, 2.24) is 4.57 Å². The summed E-state index contributed by atoms with van der Waals surface area (Å²) in [5.74, 6) is 0. The fourth-order valence-corrected chi connectivity index (χ4v) is 4.51. The molecular weight excluding hydrogens is 360 g/mol. The molecule has 0 bridgehead atoms. The first-order valence-electron chi connectivity index (χ1n) is 11.1. The molecule has 1 aromatic heterocycles. The standard InChI is InChI=1S/C25H36N2O2/c1-3-16-29-20-25(28)19-27(23-12-5-4-6-13-23)18-24-14-9-15-26(24)17-22-11-8-7-10-21(22)2/h3,7-11,14-15,23,25,28H,1,4-6,12-13,16-20H2,2H3/p+1/t25-/m0/s1. The van der Waals surface area contributed by atoms with Crippen molar-refractivity contribution in [1.29, 1.82) is 0 Å². The Kier molecular flexibility index (Phi) is 8.53. The summed E-state index contributed by atoms with van der Waals surface area (Å²) in [5, 5.41) is 10.6. The number of hydrogen-bond donors (Lipinski definition) is 2. The van der Waals surface area contributed by atoms with Gasteiger partial charge in [-0.05, 0) is 55.9 Å². The molecule has 1 aliphatic rings. The van der Waals surface area contributed by atoms with Gasteiger partial charge in [0.15, 0.2) is 0 Å². The van der Waals surface area contributed by atoms with Crippen LogP contribution in [0.25, 0.3) is 0 Å². The van der Waals surface area contributed by atoms with Crippen molar-refractivity contribution < 1.29 is 14.7 Å². The first-order chi connectivity index (χ1) is 14.2. The van der Waals surface area contributed by atoms with Crippen LogP contribution in [0.3, 0.4) is 0 Å². The van der Waals surface area contributed by atoms with Gasteiger partial charge in [0, 0.05) is 12.7 Å². The minimum absolute atomic E-state index is 0.381. The number of aromatic nitrogens is 1. The Morgan fingerprint density at radius 2 is 2.00 bits per heavy atom. The average molecular weight is 398 g/mol. The van der Waals surface area contributed by atoms with Gasteiger partial charge in [0.2, 0.25) is 0 Å². The van der Waals surface area contributed by atoms with Gasteiger partial charge in [0.05, 0.1) is 24.9 Å². The van der Waals surface area contributed by atoms with Crippen LogP contribution < -0.4 is 4.90 Å². The Morgan fingerprint density at radius 1 is 1.21 bits per heavy atom. The molecule has 1 fully saturated rings. The number of nitrogens with one attached hydrogen (secondary N) is 1. The Hall–Kier alpha value is -1.88. The van der Waals surface area contributed by atoms with E-state index in [9.17, 15) is 5.11 Å². The highest BCUT2D eigenvalue weighted by Crippen LogP contribution is 2.16. The highest BCUT2D eigenvalue weighted by molar-refractivity contribution is 5.26.